The molecule has 3 rings (SSSR count). The van der Waals surface area contributed by atoms with Crippen LogP contribution < -0.4 is 4.74 Å². The summed E-state index contributed by atoms with van der Waals surface area (Å²) in [5.41, 5.74) is 1.38. The van der Waals surface area contributed by atoms with Gasteiger partial charge in [0.1, 0.15) is 24.2 Å². The maximum absolute atomic E-state index is 13.6. The van der Waals surface area contributed by atoms with Crippen LogP contribution in [0.2, 0.25) is 0 Å². The van der Waals surface area contributed by atoms with E-state index >= 15 is 0 Å². The number of rotatable bonds is 7. The molecule has 5 heteroatoms. The molecular weight excluding hydrogens is 321 g/mol. The van der Waals surface area contributed by atoms with Crippen LogP contribution in [0.25, 0.3) is 0 Å². The van der Waals surface area contributed by atoms with Gasteiger partial charge in [0, 0.05) is 24.4 Å². The third-order valence-electron chi connectivity index (χ3n) is 3.98. The molecule has 3 aromatic rings. The van der Waals surface area contributed by atoms with E-state index in [4.69, 9.17) is 4.74 Å². The van der Waals surface area contributed by atoms with Crippen molar-refractivity contribution in [3.05, 3.63) is 90.0 Å². The molecule has 0 fully saturated rings. The Bertz CT molecular complexity index is 828. The average Bonchev–Trinajstić information content (AvgIpc) is 3.14. The fourth-order valence-corrected chi connectivity index (χ4v) is 2.60. The molecule has 0 aliphatic rings. The molecule has 4 nitrogen and oxygen atoms in total. The molecule has 0 unspecified atom stereocenters. The van der Waals surface area contributed by atoms with Crippen LogP contribution in [0.15, 0.2) is 73.1 Å². The zero-order valence-electron chi connectivity index (χ0n) is 13.5. The first-order chi connectivity index (χ1) is 12.1. The second kappa shape index (κ2) is 7.66. The molecule has 1 aromatic heterocycles. The summed E-state index contributed by atoms with van der Waals surface area (Å²) in [7, 11) is 0. The molecule has 1 atom stereocenters. The molecule has 0 aliphatic heterocycles. The Balaban J connectivity index is 1.64. The lowest BCUT2D eigenvalue weighted by molar-refractivity contribution is -0.140. The van der Waals surface area contributed by atoms with Gasteiger partial charge in [-0.3, -0.25) is 0 Å². The molecule has 1 heterocycles. The van der Waals surface area contributed by atoms with Crippen molar-refractivity contribution in [3.8, 4) is 5.75 Å². The van der Waals surface area contributed by atoms with Gasteiger partial charge in [-0.05, 0) is 35.9 Å². The van der Waals surface area contributed by atoms with E-state index in [0.29, 0.717) is 17.7 Å². The second-order valence-electron chi connectivity index (χ2n) is 5.71. The molecule has 0 amide bonds. The average molecular weight is 339 g/mol. The Hall–Kier alpha value is -3.08. The van der Waals surface area contributed by atoms with Crippen LogP contribution in [-0.2, 0) is 17.8 Å². The van der Waals surface area contributed by atoms with Crippen LogP contribution >= 0.6 is 0 Å². The fraction of sp³-hybridized carbons (Fsp3) is 0.150. The van der Waals surface area contributed by atoms with Gasteiger partial charge in [-0.2, -0.15) is 0 Å². The van der Waals surface area contributed by atoms with Crippen LogP contribution in [0, 0.1) is 5.82 Å². The van der Waals surface area contributed by atoms with Crippen LogP contribution in [-0.4, -0.2) is 15.6 Å². The van der Waals surface area contributed by atoms with E-state index in [2.05, 4.69) is 0 Å². The van der Waals surface area contributed by atoms with Crippen molar-refractivity contribution in [2.24, 2.45) is 0 Å². The Labute approximate surface area is 145 Å². The molecule has 128 valence electrons. The van der Waals surface area contributed by atoms with Gasteiger partial charge in [-0.15, -0.1) is 0 Å². The minimum Gasteiger partial charge on any atom is -0.489 e. The van der Waals surface area contributed by atoms with E-state index in [1.54, 1.807) is 59.4 Å². The maximum Gasteiger partial charge on any atom is 0.327 e. The lowest BCUT2D eigenvalue weighted by atomic mass is 10.1. The topological polar surface area (TPSA) is 51.5 Å². The lowest BCUT2D eigenvalue weighted by Crippen LogP contribution is -2.20. The molecule has 2 aromatic carbocycles. The van der Waals surface area contributed by atoms with Crippen LogP contribution in [0.1, 0.15) is 17.2 Å². The van der Waals surface area contributed by atoms with Crippen molar-refractivity contribution in [3.63, 3.8) is 0 Å². The predicted molar refractivity (Wildman–Crippen MR) is 92.0 cm³/mol. The highest BCUT2D eigenvalue weighted by Gasteiger charge is 2.19. The van der Waals surface area contributed by atoms with Crippen molar-refractivity contribution in [1.82, 2.24) is 4.57 Å². The first-order valence-corrected chi connectivity index (χ1v) is 7.94. The number of carboxylic acid groups (broad SMARTS) is 1. The van der Waals surface area contributed by atoms with Crippen LogP contribution in [0.3, 0.4) is 0 Å². The summed E-state index contributed by atoms with van der Waals surface area (Å²) in [6.45, 7) is 0.146. The largest absolute Gasteiger partial charge is 0.489 e. The molecule has 1 N–H and O–H groups in total. The van der Waals surface area contributed by atoms with Gasteiger partial charge >= 0.3 is 5.97 Å². The maximum atomic E-state index is 13.6. The Morgan fingerprint density at radius 1 is 1.04 bits per heavy atom. The second-order valence-corrected chi connectivity index (χ2v) is 5.71. The summed E-state index contributed by atoms with van der Waals surface area (Å²) in [5, 5.41) is 9.42. The van der Waals surface area contributed by atoms with Crippen LogP contribution in [0.4, 0.5) is 4.39 Å². The van der Waals surface area contributed by atoms with Crippen molar-refractivity contribution < 1.29 is 19.0 Å². The number of hydrogen-bond acceptors (Lipinski definition) is 2. The number of nitrogens with zero attached hydrogens (tertiary/aromatic N) is 1. The number of carbonyl (C=O) groups is 1. The Morgan fingerprint density at radius 2 is 1.72 bits per heavy atom. The molecule has 0 saturated carbocycles. The highest BCUT2D eigenvalue weighted by molar-refractivity contribution is 5.72. The van der Waals surface area contributed by atoms with E-state index in [1.165, 1.54) is 6.07 Å². The first kappa shape index (κ1) is 16.8. The monoisotopic (exact) mass is 339 g/mol. The number of ether oxygens (including phenoxy) is 1. The minimum absolute atomic E-state index is 0.146. The number of halogens is 1. The number of hydrogen-bond donors (Lipinski definition) is 1. The zero-order chi connectivity index (χ0) is 17.6. The van der Waals surface area contributed by atoms with Gasteiger partial charge in [0.05, 0.1) is 0 Å². The summed E-state index contributed by atoms with van der Waals surface area (Å²) in [4.78, 5) is 11.5. The summed E-state index contributed by atoms with van der Waals surface area (Å²) < 4.78 is 20.8. The number of carboxylic acids is 1. The highest BCUT2D eigenvalue weighted by atomic mass is 19.1. The smallest absolute Gasteiger partial charge is 0.327 e. The summed E-state index contributed by atoms with van der Waals surface area (Å²) >= 11 is 0. The summed E-state index contributed by atoms with van der Waals surface area (Å²) in [6, 6.07) is 16.6. The van der Waals surface area contributed by atoms with E-state index in [-0.39, 0.29) is 12.4 Å². The Kier molecular flexibility index (Phi) is 5.14. The normalized spacial score (nSPS) is 11.9. The highest BCUT2D eigenvalue weighted by Crippen LogP contribution is 2.19. The Morgan fingerprint density at radius 3 is 2.36 bits per heavy atom. The van der Waals surface area contributed by atoms with Crippen LogP contribution in [0.5, 0.6) is 5.75 Å². The third-order valence-corrected chi connectivity index (χ3v) is 3.98. The van der Waals surface area contributed by atoms with E-state index < -0.39 is 12.0 Å². The first-order valence-electron chi connectivity index (χ1n) is 7.94. The van der Waals surface area contributed by atoms with Gasteiger partial charge < -0.3 is 14.4 Å². The molecule has 0 saturated heterocycles. The standard InChI is InChI=1S/C20H18FNO3/c21-18-6-2-1-5-16(18)14-25-17-9-7-15(8-10-17)13-19(20(23)24)22-11-3-4-12-22/h1-12,19H,13-14H2,(H,23,24)/t19-/m0/s1. The molecule has 0 radical (unpaired) electrons. The van der Waals surface area contributed by atoms with Crippen molar-refractivity contribution in [1.29, 1.82) is 0 Å². The molecule has 0 aliphatic carbocycles. The van der Waals surface area contributed by atoms with Gasteiger partial charge in [-0.1, -0.05) is 30.3 Å². The predicted octanol–water partition coefficient (Wildman–Crippen LogP) is 4.07. The summed E-state index contributed by atoms with van der Waals surface area (Å²) in [6.07, 6.45) is 3.85. The molecule has 25 heavy (non-hydrogen) atoms. The lowest BCUT2D eigenvalue weighted by Gasteiger charge is -2.15. The van der Waals surface area contributed by atoms with Crippen molar-refractivity contribution >= 4 is 5.97 Å². The quantitative estimate of drug-likeness (QED) is 0.706. The fourth-order valence-electron chi connectivity index (χ4n) is 2.60. The number of aromatic nitrogens is 1. The zero-order valence-corrected chi connectivity index (χ0v) is 13.5. The van der Waals surface area contributed by atoms with Gasteiger partial charge in [0.15, 0.2) is 0 Å². The molecule has 0 bridgehead atoms. The number of aliphatic carboxylic acids is 1. The van der Waals surface area contributed by atoms with Crippen molar-refractivity contribution in [2.75, 3.05) is 0 Å². The van der Waals surface area contributed by atoms with Gasteiger partial charge in [0.2, 0.25) is 0 Å². The van der Waals surface area contributed by atoms with E-state index in [0.717, 1.165) is 5.56 Å². The van der Waals surface area contributed by atoms with Gasteiger partial charge in [0.25, 0.3) is 0 Å². The third kappa shape index (κ3) is 4.26. The van der Waals surface area contributed by atoms with E-state index in [1.807, 2.05) is 12.1 Å². The number of benzene rings is 2. The minimum atomic E-state index is -0.879. The SMILES string of the molecule is O=C(O)[C@H](Cc1ccc(OCc2ccccc2F)cc1)n1cccc1. The van der Waals surface area contributed by atoms with Crippen molar-refractivity contribution in [2.45, 2.75) is 19.1 Å². The van der Waals surface area contributed by atoms with Gasteiger partial charge in [-0.25, -0.2) is 9.18 Å². The molecular formula is C20H18FNO3. The van der Waals surface area contributed by atoms with E-state index in [9.17, 15) is 14.3 Å². The summed E-state index contributed by atoms with van der Waals surface area (Å²) in [5.74, 6) is -0.564. The molecule has 0 spiro atoms.